The van der Waals surface area contributed by atoms with E-state index in [4.69, 9.17) is 21.7 Å². The molecule has 2 aromatic carbocycles. The summed E-state index contributed by atoms with van der Waals surface area (Å²) in [6, 6.07) is 14.8. The fraction of sp³-hybridized carbons (Fsp3) is 0.391. The monoisotopic (exact) mass is 414 g/mol. The Morgan fingerprint density at radius 3 is 2.17 bits per heavy atom. The molecule has 0 fully saturated rings. The van der Waals surface area contributed by atoms with E-state index in [1.165, 1.54) is 0 Å². The highest BCUT2D eigenvalue weighted by molar-refractivity contribution is 7.80. The summed E-state index contributed by atoms with van der Waals surface area (Å²) in [6.07, 6.45) is 1.14. The number of hydrogen-bond acceptors (Lipinski definition) is 4. The third-order valence-electron chi connectivity index (χ3n) is 4.06. The van der Waals surface area contributed by atoms with Gasteiger partial charge in [0.25, 0.3) is 5.91 Å². The maximum absolute atomic E-state index is 12.3. The lowest BCUT2D eigenvalue weighted by Gasteiger charge is -2.12. The van der Waals surface area contributed by atoms with Gasteiger partial charge in [0.05, 0.1) is 12.7 Å². The second kappa shape index (κ2) is 11.4. The van der Waals surface area contributed by atoms with E-state index in [1.54, 1.807) is 24.3 Å². The van der Waals surface area contributed by atoms with Crippen molar-refractivity contribution >= 4 is 23.2 Å². The molecular formula is C23H30N2O3S. The van der Waals surface area contributed by atoms with Gasteiger partial charge in [0.1, 0.15) is 11.5 Å². The summed E-state index contributed by atoms with van der Waals surface area (Å²) >= 11 is 5.23. The number of nitrogens with one attached hydrogen (secondary N) is 2. The van der Waals surface area contributed by atoms with Crippen molar-refractivity contribution in [2.45, 2.75) is 46.8 Å². The first-order valence-electron chi connectivity index (χ1n) is 9.91. The van der Waals surface area contributed by atoms with Crippen molar-refractivity contribution in [2.24, 2.45) is 5.92 Å². The van der Waals surface area contributed by atoms with Gasteiger partial charge in [0.2, 0.25) is 0 Å². The van der Waals surface area contributed by atoms with Crippen molar-refractivity contribution < 1.29 is 14.3 Å². The SMILES string of the molecule is CC(C)CCOc1ccc(C(=O)NC(=S)NCc2ccc(OC(C)C)cc2)cc1. The average molecular weight is 415 g/mol. The molecule has 0 aliphatic carbocycles. The summed E-state index contributed by atoms with van der Waals surface area (Å²) in [4.78, 5) is 12.3. The van der Waals surface area contributed by atoms with E-state index in [1.807, 2.05) is 38.1 Å². The molecule has 0 bridgehead atoms. The normalized spacial score (nSPS) is 10.7. The number of hydrogen-bond donors (Lipinski definition) is 2. The molecule has 0 atom stereocenters. The fourth-order valence-corrected chi connectivity index (χ4v) is 2.64. The van der Waals surface area contributed by atoms with Gasteiger partial charge < -0.3 is 14.8 Å². The van der Waals surface area contributed by atoms with E-state index >= 15 is 0 Å². The molecule has 0 saturated heterocycles. The van der Waals surface area contributed by atoms with E-state index in [0.717, 1.165) is 23.5 Å². The van der Waals surface area contributed by atoms with Crippen molar-refractivity contribution in [2.75, 3.05) is 6.61 Å². The zero-order valence-electron chi connectivity index (χ0n) is 17.5. The maximum Gasteiger partial charge on any atom is 0.257 e. The average Bonchev–Trinajstić information content (AvgIpc) is 2.67. The first kappa shape index (κ1) is 22.7. The lowest BCUT2D eigenvalue weighted by molar-refractivity contribution is 0.0976. The second-order valence-corrected chi connectivity index (χ2v) is 7.91. The molecule has 0 aliphatic rings. The van der Waals surface area contributed by atoms with Crippen LogP contribution in [0.4, 0.5) is 0 Å². The molecule has 6 heteroatoms. The van der Waals surface area contributed by atoms with Crippen LogP contribution in [0.5, 0.6) is 11.5 Å². The van der Waals surface area contributed by atoms with Crippen molar-refractivity contribution in [1.29, 1.82) is 0 Å². The first-order valence-corrected chi connectivity index (χ1v) is 10.3. The van der Waals surface area contributed by atoms with Gasteiger partial charge in [-0.15, -0.1) is 0 Å². The van der Waals surface area contributed by atoms with Crippen LogP contribution in [0.15, 0.2) is 48.5 Å². The van der Waals surface area contributed by atoms with Crippen LogP contribution in [0.1, 0.15) is 50.0 Å². The van der Waals surface area contributed by atoms with Gasteiger partial charge in [0.15, 0.2) is 5.11 Å². The van der Waals surface area contributed by atoms with Gasteiger partial charge in [-0.25, -0.2) is 0 Å². The topological polar surface area (TPSA) is 59.6 Å². The smallest absolute Gasteiger partial charge is 0.257 e. The highest BCUT2D eigenvalue weighted by Crippen LogP contribution is 2.14. The van der Waals surface area contributed by atoms with Crippen LogP contribution in [0, 0.1) is 5.92 Å². The van der Waals surface area contributed by atoms with Gasteiger partial charge in [-0.2, -0.15) is 0 Å². The number of carbonyl (C=O) groups is 1. The largest absolute Gasteiger partial charge is 0.494 e. The number of benzene rings is 2. The predicted octanol–water partition coefficient (Wildman–Crippen LogP) is 4.70. The van der Waals surface area contributed by atoms with E-state index in [-0.39, 0.29) is 17.1 Å². The highest BCUT2D eigenvalue weighted by atomic mass is 32.1. The molecule has 0 spiro atoms. The predicted molar refractivity (Wildman–Crippen MR) is 121 cm³/mol. The molecule has 0 saturated carbocycles. The molecule has 156 valence electrons. The summed E-state index contributed by atoms with van der Waals surface area (Å²) in [5, 5.41) is 6.03. The minimum absolute atomic E-state index is 0.141. The first-order chi connectivity index (χ1) is 13.8. The highest BCUT2D eigenvalue weighted by Gasteiger charge is 2.08. The molecule has 0 aliphatic heterocycles. The number of ether oxygens (including phenoxy) is 2. The van der Waals surface area contributed by atoms with Gasteiger partial charge in [-0.1, -0.05) is 26.0 Å². The van der Waals surface area contributed by atoms with Gasteiger partial charge >= 0.3 is 0 Å². The van der Waals surface area contributed by atoms with Crippen molar-refractivity contribution in [3.8, 4) is 11.5 Å². The Morgan fingerprint density at radius 2 is 1.59 bits per heavy atom. The molecule has 0 radical (unpaired) electrons. The number of carbonyl (C=O) groups excluding carboxylic acids is 1. The fourth-order valence-electron chi connectivity index (χ4n) is 2.47. The van der Waals surface area contributed by atoms with E-state index in [0.29, 0.717) is 24.6 Å². The van der Waals surface area contributed by atoms with Crippen LogP contribution in [-0.2, 0) is 6.54 Å². The Labute approximate surface area is 178 Å². The molecule has 5 nitrogen and oxygen atoms in total. The Bertz CT molecular complexity index is 787. The third-order valence-corrected chi connectivity index (χ3v) is 4.30. The zero-order chi connectivity index (χ0) is 21.2. The van der Waals surface area contributed by atoms with Crippen molar-refractivity contribution in [3.05, 3.63) is 59.7 Å². The summed E-state index contributed by atoms with van der Waals surface area (Å²) in [5.41, 5.74) is 1.57. The Balaban J connectivity index is 1.77. The molecule has 29 heavy (non-hydrogen) atoms. The molecule has 1 amide bonds. The van der Waals surface area contributed by atoms with Crippen LogP contribution < -0.4 is 20.1 Å². The second-order valence-electron chi connectivity index (χ2n) is 7.50. The summed E-state index contributed by atoms with van der Waals surface area (Å²) in [6.45, 7) is 9.48. The quantitative estimate of drug-likeness (QED) is 0.582. The van der Waals surface area contributed by atoms with Crippen molar-refractivity contribution in [1.82, 2.24) is 10.6 Å². The van der Waals surface area contributed by atoms with Crippen LogP contribution in [0.25, 0.3) is 0 Å². The Hall–Kier alpha value is -2.60. The van der Waals surface area contributed by atoms with E-state index in [9.17, 15) is 4.79 Å². The summed E-state index contributed by atoms with van der Waals surface area (Å²) < 4.78 is 11.3. The number of rotatable bonds is 9. The number of amides is 1. The van der Waals surface area contributed by atoms with E-state index in [2.05, 4.69) is 24.5 Å². The molecule has 2 rings (SSSR count). The summed E-state index contributed by atoms with van der Waals surface area (Å²) in [7, 11) is 0. The van der Waals surface area contributed by atoms with Crippen molar-refractivity contribution in [3.63, 3.8) is 0 Å². The number of thiocarbonyl (C=S) groups is 1. The Morgan fingerprint density at radius 1 is 0.966 bits per heavy atom. The lowest BCUT2D eigenvalue weighted by Crippen LogP contribution is -2.38. The minimum Gasteiger partial charge on any atom is -0.494 e. The van der Waals surface area contributed by atoms with Crippen LogP contribution in [0.2, 0.25) is 0 Å². The molecule has 2 aromatic rings. The Kier molecular flexibility index (Phi) is 8.93. The van der Waals surface area contributed by atoms with Gasteiger partial charge in [0, 0.05) is 12.1 Å². The molecule has 2 N–H and O–H groups in total. The van der Waals surface area contributed by atoms with E-state index < -0.39 is 0 Å². The molecule has 0 aromatic heterocycles. The molecule has 0 unspecified atom stereocenters. The third kappa shape index (κ3) is 8.52. The molecule has 0 heterocycles. The van der Waals surface area contributed by atoms with Crippen LogP contribution >= 0.6 is 12.2 Å². The van der Waals surface area contributed by atoms with Crippen LogP contribution in [-0.4, -0.2) is 23.7 Å². The maximum atomic E-state index is 12.3. The van der Waals surface area contributed by atoms with Gasteiger partial charge in [-0.05, 0) is 80.4 Å². The standard InChI is InChI=1S/C23H30N2O3S/c1-16(2)13-14-27-20-11-7-19(8-12-20)22(26)25-23(29)24-15-18-5-9-21(10-6-18)28-17(3)4/h5-12,16-17H,13-15H2,1-4H3,(H2,24,25,26,29). The zero-order valence-corrected chi connectivity index (χ0v) is 18.3. The summed E-state index contributed by atoms with van der Waals surface area (Å²) in [5.74, 6) is 1.93. The molecular weight excluding hydrogens is 384 g/mol. The lowest BCUT2D eigenvalue weighted by atomic mass is 10.1. The minimum atomic E-state index is -0.253. The van der Waals surface area contributed by atoms with Gasteiger partial charge in [-0.3, -0.25) is 10.1 Å². The van der Waals surface area contributed by atoms with Crippen LogP contribution in [0.3, 0.4) is 0 Å².